The Morgan fingerprint density at radius 1 is 0.933 bits per heavy atom. The lowest BCUT2D eigenvalue weighted by Crippen LogP contribution is -2.32. The highest BCUT2D eigenvalue weighted by Crippen LogP contribution is 2.36. The fraction of sp³-hybridized carbons (Fsp3) is 0.300. The summed E-state index contributed by atoms with van der Waals surface area (Å²) in [6, 6.07) is 6.46. The summed E-state index contributed by atoms with van der Waals surface area (Å²) in [5.74, 6) is 0.432. The molecule has 0 aliphatic carbocycles. The zero-order valence-electron chi connectivity index (χ0n) is 17.2. The van der Waals surface area contributed by atoms with Crippen LogP contribution in [0.3, 0.4) is 0 Å². The Bertz CT molecular complexity index is 964. The molecule has 1 unspecified atom stereocenters. The second-order valence-electron chi connectivity index (χ2n) is 5.94. The van der Waals surface area contributed by atoms with Crippen molar-refractivity contribution in [3.8, 4) is 23.0 Å². The van der Waals surface area contributed by atoms with Crippen LogP contribution in [0.2, 0.25) is 5.02 Å². The van der Waals surface area contributed by atoms with E-state index in [1.165, 1.54) is 47.5 Å². The number of benzene rings is 2. The number of methoxy groups -OCH3 is 4. The Labute approximate surface area is 178 Å². The zero-order valence-corrected chi connectivity index (χ0v) is 17.9. The minimum atomic E-state index is -1.39. The molecular formula is C20H22ClN3O6. The Hall–Kier alpha value is -3.33. The molecule has 0 aliphatic rings. The molecule has 2 aromatic rings. The highest BCUT2D eigenvalue weighted by atomic mass is 35.5. The maximum atomic E-state index is 12.7. The van der Waals surface area contributed by atoms with Crippen molar-refractivity contribution in [1.29, 1.82) is 0 Å². The Balaban J connectivity index is 2.29. The van der Waals surface area contributed by atoms with Crippen molar-refractivity contribution < 1.29 is 28.5 Å². The Morgan fingerprint density at radius 3 is 2.17 bits per heavy atom. The van der Waals surface area contributed by atoms with Crippen molar-refractivity contribution in [3.63, 3.8) is 0 Å². The second kappa shape index (κ2) is 10.4. The van der Waals surface area contributed by atoms with Crippen LogP contribution in [0.5, 0.6) is 23.0 Å². The molecule has 1 atom stereocenters. The average Bonchev–Trinajstić information content (AvgIpc) is 2.73. The van der Waals surface area contributed by atoms with E-state index >= 15 is 0 Å². The van der Waals surface area contributed by atoms with E-state index in [9.17, 15) is 9.59 Å². The van der Waals surface area contributed by atoms with E-state index in [1.54, 1.807) is 18.2 Å². The van der Waals surface area contributed by atoms with Crippen LogP contribution < -0.4 is 24.3 Å². The van der Waals surface area contributed by atoms with Gasteiger partial charge in [0, 0.05) is 12.1 Å². The fourth-order valence-electron chi connectivity index (χ4n) is 2.46. The van der Waals surface area contributed by atoms with E-state index in [0.29, 0.717) is 28.7 Å². The number of hydrogen-bond donors (Lipinski definition) is 1. The normalized spacial score (nSPS) is 11.7. The number of anilines is 1. The summed E-state index contributed by atoms with van der Waals surface area (Å²) in [7, 11) is 5.86. The molecule has 2 rings (SSSR count). The SMILES string of the molecule is COc1ccc(N=NC(C(C)=O)C(=O)Nc2cc(Cl)c(OC)cc2OC)c(OC)c1. The fourth-order valence-corrected chi connectivity index (χ4v) is 2.71. The van der Waals surface area contributed by atoms with Crippen LogP contribution in [-0.4, -0.2) is 46.2 Å². The van der Waals surface area contributed by atoms with Gasteiger partial charge >= 0.3 is 0 Å². The standard InChI is InChI=1S/C20H22ClN3O6/c1-11(25)19(24-23-14-7-6-12(27-2)8-17(14)29-4)20(26)22-15-9-13(21)16(28-3)10-18(15)30-5/h6-10,19H,1-5H3,(H,22,26). The van der Waals surface area contributed by atoms with Gasteiger partial charge in [0.15, 0.2) is 5.78 Å². The lowest BCUT2D eigenvalue weighted by Gasteiger charge is -2.14. The first kappa shape index (κ1) is 23.0. The molecule has 1 amide bonds. The Morgan fingerprint density at radius 2 is 1.60 bits per heavy atom. The molecule has 0 aliphatic heterocycles. The third-order valence-corrected chi connectivity index (χ3v) is 4.33. The van der Waals surface area contributed by atoms with Crippen LogP contribution in [0, 0.1) is 0 Å². The number of rotatable bonds is 9. The molecule has 30 heavy (non-hydrogen) atoms. The summed E-state index contributed by atoms with van der Waals surface area (Å²) >= 11 is 6.12. The third kappa shape index (κ3) is 5.38. The molecule has 160 valence electrons. The molecule has 0 spiro atoms. The van der Waals surface area contributed by atoms with Gasteiger partial charge in [0.25, 0.3) is 5.91 Å². The van der Waals surface area contributed by atoms with Gasteiger partial charge in [-0.3, -0.25) is 9.59 Å². The van der Waals surface area contributed by atoms with Crippen molar-refractivity contribution in [2.45, 2.75) is 13.0 Å². The molecule has 9 nitrogen and oxygen atoms in total. The van der Waals surface area contributed by atoms with Crippen molar-refractivity contribution in [3.05, 3.63) is 35.4 Å². The summed E-state index contributed by atoms with van der Waals surface area (Å²) in [6.07, 6.45) is 0. The van der Waals surface area contributed by atoms with E-state index in [4.69, 9.17) is 30.5 Å². The molecular weight excluding hydrogens is 414 g/mol. The van der Waals surface area contributed by atoms with Crippen molar-refractivity contribution in [2.75, 3.05) is 33.8 Å². The van der Waals surface area contributed by atoms with Crippen molar-refractivity contribution >= 4 is 34.7 Å². The lowest BCUT2D eigenvalue weighted by molar-refractivity contribution is -0.126. The number of ether oxygens (including phenoxy) is 4. The largest absolute Gasteiger partial charge is 0.497 e. The number of azo groups is 1. The van der Waals surface area contributed by atoms with Crippen LogP contribution >= 0.6 is 11.6 Å². The van der Waals surface area contributed by atoms with E-state index in [1.807, 2.05) is 0 Å². The molecule has 0 saturated heterocycles. The first-order chi connectivity index (χ1) is 14.3. The van der Waals surface area contributed by atoms with Crippen LogP contribution in [0.4, 0.5) is 11.4 Å². The molecule has 0 saturated carbocycles. The molecule has 1 N–H and O–H groups in total. The van der Waals surface area contributed by atoms with Crippen LogP contribution in [0.25, 0.3) is 0 Å². The molecule has 10 heteroatoms. The summed E-state index contributed by atoms with van der Waals surface area (Å²) in [5.41, 5.74) is 0.596. The van der Waals surface area contributed by atoms with Gasteiger partial charge in [-0.25, -0.2) is 0 Å². The predicted molar refractivity (Wildman–Crippen MR) is 112 cm³/mol. The summed E-state index contributed by atoms with van der Waals surface area (Å²) in [5, 5.41) is 10.8. The molecule has 0 bridgehead atoms. The van der Waals surface area contributed by atoms with E-state index in [-0.39, 0.29) is 10.7 Å². The number of amides is 1. The number of ketones is 1. The van der Waals surface area contributed by atoms with Gasteiger partial charge in [0.05, 0.1) is 39.1 Å². The molecule has 0 aromatic heterocycles. The minimum Gasteiger partial charge on any atom is -0.497 e. The van der Waals surface area contributed by atoms with Gasteiger partial charge in [0.1, 0.15) is 28.7 Å². The number of halogens is 1. The highest BCUT2D eigenvalue weighted by Gasteiger charge is 2.25. The van der Waals surface area contributed by atoms with Crippen molar-refractivity contribution in [1.82, 2.24) is 0 Å². The first-order valence-corrected chi connectivity index (χ1v) is 9.08. The van der Waals surface area contributed by atoms with Crippen LogP contribution in [-0.2, 0) is 9.59 Å². The monoisotopic (exact) mass is 435 g/mol. The second-order valence-corrected chi connectivity index (χ2v) is 6.35. The topological polar surface area (TPSA) is 108 Å². The van der Waals surface area contributed by atoms with E-state index in [2.05, 4.69) is 15.5 Å². The van der Waals surface area contributed by atoms with Gasteiger partial charge in [-0.15, -0.1) is 0 Å². The summed E-state index contributed by atoms with van der Waals surface area (Å²) in [4.78, 5) is 24.7. The smallest absolute Gasteiger partial charge is 0.258 e. The molecule has 0 radical (unpaired) electrons. The molecule has 0 heterocycles. The van der Waals surface area contributed by atoms with Gasteiger partial charge in [-0.1, -0.05) is 11.6 Å². The van der Waals surface area contributed by atoms with Gasteiger partial charge in [-0.2, -0.15) is 10.2 Å². The molecule has 2 aromatic carbocycles. The maximum Gasteiger partial charge on any atom is 0.258 e. The number of carbonyl (C=O) groups excluding carboxylic acids is 2. The number of carbonyl (C=O) groups is 2. The van der Waals surface area contributed by atoms with Gasteiger partial charge in [-0.05, 0) is 25.1 Å². The predicted octanol–water partition coefficient (Wildman–Crippen LogP) is 4.05. The van der Waals surface area contributed by atoms with Gasteiger partial charge in [0.2, 0.25) is 6.04 Å². The van der Waals surface area contributed by atoms with Crippen LogP contribution in [0.15, 0.2) is 40.6 Å². The first-order valence-electron chi connectivity index (χ1n) is 8.70. The van der Waals surface area contributed by atoms with Gasteiger partial charge < -0.3 is 24.3 Å². The number of nitrogens with one attached hydrogen (secondary N) is 1. The minimum absolute atomic E-state index is 0.261. The number of hydrogen-bond acceptors (Lipinski definition) is 8. The number of nitrogens with zero attached hydrogens (tertiary/aromatic N) is 2. The highest BCUT2D eigenvalue weighted by molar-refractivity contribution is 6.32. The molecule has 0 fully saturated rings. The van der Waals surface area contributed by atoms with E-state index < -0.39 is 17.7 Å². The Kier molecular flexibility index (Phi) is 7.99. The van der Waals surface area contributed by atoms with E-state index in [0.717, 1.165) is 0 Å². The maximum absolute atomic E-state index is 12.7. The quantitative estimate of drug-likeness (QED) is 0.470. The summed E-state index contributed by atoms with van der Waals surface area (Å²) < 4.78 is 20.7. The van der Waals surface area contributed by atoms with Crippen molar-refractivity contribution in [2.24, 2.45) is 10.2 Å². The average molecular weight is 436 g/mol. The third-order valence-electron chi connectivity index (χ3n) is 4.03. The zero-order chi connectivity index (χ0) is 22.3. The van der Waals surface area contributed by atoms with Crippen LogP contribution in [0.1, 0.15) is 6.92 Å². The number of Topliss-reactive ketones (excluding diaryl/α,β-unsaturated/α-hetero) is 1. The summed E-state index contributed by atoms with van der Waals surface area (Å²) in [6.45, 7) is 1.24. The lowest BCUT2D eigenvalue weighted by atomic mass is 10.2.